The van der Waals surface area contributed by atoms with Gasteiger partial charge in [0.05, 0.1) is 7.11 Å². The highest BCUT2D eigenvalue weighted by atomic mass is 16.5. The summed E-state index contributed by atoms with van der Waals surface area (Å²) in [7, 11) is 1.45. The van der Waals surface area contributed by atoms with Gasteiger partial charge < -0.3 is 4.74 Å². The summed E-state index contributed by atoms with van der Waals surface area (Å²) in [5, 5.41) is 0. The highest BCUT2D eigenvalue weighted by Gasteiger charge is 1.99. The molecule has 0 atom stereocenters. The summed E-state index contributed by atoms with van der Waals surface area (Å²) in [5.74, 6) is -0.0870. The van der Waals surface area contributed by atoms with Crippen molar-refractivity contribution in [3.63, 3.8) is 0 Å². The number of aryl methyl sites for hydroxylation is 2. The van der Waals surface area contributed by atoms with Crippen LogP contribution in [0, 0.1) is 0 Å². The largest absolute Gasteiger partial charge is 0.469 e. The van der Waals surface area contributed by atoms with Crippen LogP contribution in [0.15, 0.2) is 24.3 Å². The minimum atomic E-state index is -0.0870. The third-order valence-corrected chi connectivity index (χ3v) is 3.51. The predicted molar refractivity (Wildman–Crippen MR) is 79.2 cm³/mol. The number of hydrogen-bond acceptors (Lipinski definition) is 2. The van der Waals surface area contributed by atoms with Gasteiger partial charge in [0.1, 0.15) is 0 Å². The number of benzene rings is 1. The van der Waals surface area contributed by atoms with Crippen LogP contribution in [-0.4, -0.2) is 13.1 Å². The first kappa shape index (κ1) is 15.7. The van der Waals surface area contributed by atoms with Gasteiger partial charge in [-0.3, -0.25) is 4.79 Å². The van der Waals surface area contributed by atoms with E-state index in [0.29, 0.717) is 6.42 Å². The van der Waals surface area contributed by atoms with Crippen LogP contribution in [0.1, 0.15) is 56.6 Å². The smallest absolute Gasteiger partial charge is 0.305 e. The average molecular weight is 262 g/mol. The summed E-state index contributed by atoms with van der Waals surface area (Å²) in [4.78, 5) is 10.9. The monoisotopic (exact) mass is 262 g/mol. The molecule has 0 saturated carbocycles. The van der Waals surface area contributed by atoms with Crippen molar-refractivity contribution in [1.29, 1.82) is 0 Å². The predicted octanol–water partition coefficient (Wildman–Crippen LogP) is 4.31. The highest BCUT2D eigenvalue weighted by molar-refractivity contribution is 5.68. The average Bonchev–Trinajstić information content (AvgIpc) is 2.46. The van der Waals surface area contributed by atoms with Gasteiger partial charge in [-0.15, -0.1) is 0 Å². The maximum absolute atomic E-state index is 10.9. The second-order valence-electron chi connectivity index (χ2n) is 5.01. The highest BCUT2D eigenvalue weighted by Crippen LogP contribution is 2.11. The van der Waals surface area contributed by atoms with Gasteiger partial charge in [-0.2, -0.15) is 0 Å². The maximum Gasteiger partial charge on any atom is 0.305 e. The Hall–Kier alpha value is -1.31. The van der Waals surface area contributed by atoms with E-state index in [1.165, 1.54) is 43.9 Å². The molecule has 1 rings (SSSR count). The lowest BCUT2D eigenvalue weighted by Crippen LogP contribution is -1.99. The first-order valence-corrected chi connectivity index (χ1v) is 7.41. The molecule has 0 saturated heterocycles. The van der Waals surface area contributed by atoms with Crippen LogP contribution in [0.5, 0.6) is 0 Å². The second kappa shape index (κ2) is 9.60. The maximum atomic E-state index is 10.9. The number of methoxy groups -OCH3 is 1. The minimum absolute atomic E-state index is 0.0870. The lowest BCUT2D eigenvalue weighted by atomic mass is 10.0. The van der Waals surface area contributed by atoms with Gasteiger partial charge in [0.2, 0.25) is 0 Å². The molecule has 0 spiro atoms. The zero-order chi connectivity index (χ0) is 13.9. The third-order valence-electron chi connectivity index (χ3n) is 3.51. The van der Waals surface area contributed by atoms with Gasteiger partial charge in [-0.05, 0) is 36.8 Å². The van der Waals surface area contributed by atoms with Crippen LogP contribution in [0.4, 0.5) is 0 Å². The van der Waals surface area contributed by atoms with Gasteiger partial charge in [0.25, 0.3) is 0 Å². The Morgan fingerprint density at radius 3 is 2.16 bits per heavy atom. The number of rotatable bonds is 9. The van der Waals surface area contributed by atoms with E-state index in [4.69, 9.17) is 0 Å². The van der Waals surface area contributed by atoms with Crippen LogP contribution in [-0.2, 0) is 22.4 Å². The molecule has 19 heavy (non-hydrogen) atoms. The molecular formula is C17H26O2. The molecule has 0 aliphatic heterocycles. The molecule has 0 bridgehead atoms. The molecular weight excluding hydrogens is 236 g/mol. The fourth-order valence-corrected chi connectivity index (χ4v) is 2.17. The van der Waals surface area contributed by atoms with E-state index in [1.807, 2.05) is 0 Å². The normalized spacial score (nSPS) is 10.4. The van der Waals surface area contributed by atoms with Crippen LogP contribution in [0.2, 0.25) is 0 Å². The molecule has 2 nitrogen and oxygen atoms in total. The van der Waals surface area contributed by atoms with E-state index in [9.17, 15) is 4.79 Å². The number of ether oxygens (including phenoxy) is 1. The van der Waals surface area contributed by atoms with Crippen LogP contribution in [0.3, 0.4) is 0 Å². The zero-order valence-corrected chi connectivity index (χ0v) is 12.3. The summed E-state index contributed by atoms with van der Waals surface area (Å²) in [6.07, 6.45) is 8.63. The number of carbonyl (C=O) groups excluding carboxylic acids is 1. The van der Waals surface area contributed by atoms with Crippen molar-refractivity contribution in [3.05, 3.63) is 35.4 Å². The van der Waals surface area contributed by atoms with E-state index < -0.39 is 0 Å². The number of carbonyl (C=O) groups is 1. The summed E-state index contributed by atoms with van der Waals surface area (Å²) >= 11 is 0. The molecule has 0 heterocycles. The molecule has 2 heteroatoms. The summed E-state index contributed by atoms with van der Waals surface area (Å²) in [6.45, 7) is 2.18. The van der Waals surface area contributed by atoms with E-state index in [-0.39, 0.29) is 5.97 Å². The Bertz CT molecular complexity index is 354. The van der Waals surface area contributed by atoms with Crippen molar-refractivity contribution in [3.8, 4) is 0 Å². The van der Waals surface area contributed by atoms with Crippen molar-refractivity contribution in [2.75, 3.05) is 7.11 Å². The second-order valence-corrected chi connectivity index (χ2v) is 5.01. The summed E-state index contributed by atoms with van der Waals surface area (Å²) in [5.41, 5.74) is 2.85. The van der Waals surface area contributed by atoms with Gasteiger partial charge >= 0.3 is 5.97 Å². The molecule has 0 aliphatic rings. The van der Waals surface area contributed by atoms with E-state index >= 15 is 0 Å². The lowest BCUT2D eigenvalue weighted by molar-refractivity contribution is -0.140. The summed E-state index contributed by atoms with van der Waals surface area (Å²) in [6, 6.07) is 8.95. The Morgan fingerprint density at radius 1 is 0.947 bits per heavy atom. The lowest BCUT2D eigenvalue weighted by Gasteiger charge is -2.03. The molecule has 1 aromatic rings. The van der Waals surface area contributed by atoms with Gasteiger partial charge in [-0.1, -0.05) is 50.5 Å². The van der Waals surface area contributed by atoms with Gasteiger partial charge in [0, 0.05) is 6.42 Å². The fraction of sp³-hybridized carbons (Fsp3) is 0.588. The SMILES string of the molecule is CCc1ccc(CCCCCCCC(=O)OC)cc1. The molecule has 1 aromatic carbocycles. The quantitative estimate of drug-likeness (QED) is 0.490. The minimum Gasteiger partial charge on any atom is -0.469 e. The molecule has 106 valence electrons. The molecule has 0 fully saturated rings. The van der Waals surface area contributed by atoms with Crippen molar-refractivity contribution in [2.24, 2.45) is 0 Å². The Kier molecular flexibility index (Phi) is 7.95. The van der Waals surface area contributed by atoms with Crippen molar-refractivity contribution in [1.82, 2.24) is 0 Å². The molecule has 0 amide bonds. The topological polar surface area (TPSA) is 26.3 Å². The fourth-order valence-electron chi connectivity index (χ4n) is 2.17. The first-order chi connectivity index (χ1) is 9.26. The van der Waals surface area contributed by atoms with Crippen LogP contribution in [0.25, 0.3) is 0 Å². The van der Waals surface area contributed by atoms with Crippen LogP contribution < -0.4 is 0 Å². The van der Waals surface area contributed by atoms with Crippen molar-refractivity contribution < 1.29 is 9.53 Å². The molecule has 0 aromatic heterocycles. The van der Waals surface area contributed by atoms with Gasteiger partial charge in [-0.25, -0.2) is 0 Å². The molecule has 0 unspecified atom stereocenters. The standard InChI is InChI=1S/C17H26O2/c1-3-15-11-13-16(14-12-15)9-7-5-4-6-8-10-17(18)19-2/h11-14H,3-10H2,1-2H3. The van der Waals surface area contributed by atoms with Crippen molar-refractivity contribution >= 4 is 5.97 Å². The molecule has 0 N–H and O–H groups in total. The molecule has 0 radical (unpaired) electrons. The van der Waals surface area contributed by atoms with E-state index in [1.54, 1.807) is 0 Å². The number of hydrogen-bond donors (Lipinski definition) is 0. The van der Waals surface area contributed by atoms with E-state index in [2.05, 4.69) is 35.9 Å². The summed E-state index contributed by atoms with van der Waals surface area (Å²) < 4.78 is 4.62. The zero-order valence-electron chi connectivity index (χ0n) is 12.3. The third kappa shape index (κ3) is 7.00. The number of unbranched alkanes of at least 4 members (excludes halogenated alkanes) is 4. The van der Waals surface area contributed by atoms with Gasteiger partial charge in [0.15, 0.2) is 0 Å². The van der Waals surface area contributed by atoms with E-state index in [0.717, 1.165) is 19.3 Å². The Balaban J connectivity index is 2.02. The molecule has 0 aliphatic carbocycles. The van der Waals surface area contributed by atoms with Crippen LogP contribution >= 0.6 is 0 Å². The number of esters is 1. The Morgan fingerprint density at radius 2 is 1.53 bits per heavy atom. The van der Waals surface area contributed by atoms with Crippen molar-refractivity contribution in [2.45, 2.75) is 58.3 Å². The first-order valence-electron chi connectivity index (χ1n) is 7.41. The Labute approximate surface area is 117 Å².